The van der Waals surface area contributed by atoms with Crippen LogP contribution in [-0.4, -0.2) is 59.3 Å². The molecule has 310 valence electrons. The predicted octanol–water partition coefficient (Wildman–Crippen LogP) is 10.7. The van der Waals surface area contributed by atoms with E-state index in [0.29, 0.717) is 12.8 Å². The maximum absolute atomic E-state index is 12.7. The van der Waals surface area contributed by atoms with Crippen molar-refractivity contribution in [3.8, 4) is 0 Å². The third-order valence-corrected chi connectivity index (χ3v) is 10.0. The van der Waals surface area contributed by atoms with Crippen molar-refractivity contribution in [2.24, 2.45) is 0 Å². The van der Waals surface area contributed by atoms with Crippen LogP contribution >= 0.6 is 0 Å². The Labute approximate surface area is 324 Å². The number of nitrogens with one attached hydrogen (secondary N) is 2. The molecule has 0 aliphatic heterocycles. The van der Waals surface area contributed by atoms with Crippen LogP contribution < -0.4 is 10.6 Å². The van der Waals surface area contributed by atoms with Gasteiger partial charge in [-0.2, -0.15) is 0 Å². The zero-order valence-electron chi connectivity index (χ0n) is 34.3. The van der Waals surface area contributed by atoms with Gasteiger partial charge in [-0.25, -0.2) is 4.79 Å². The van der Waals surface area contributed by atoms with Crippen LogP contribution in [-0.2, 0) is 23.9 Å². The molecule has 0 saturated carbocycles. The lowest BCUT2D eigenvalue weighted by molar-refractivity contribution is -0.150. The Kier molecular flexibility index (Phi) is 37.5. The fraction of sp³-hybridized carbons (Fsp3) is 0.864. The van der Waals surface area contributed by atoms with Gasteiger partial charge in [0.25, 0.3) is 0 Å². The van der Waals surface area contributed by atoms with Crippen molar-refractivity contribution in [1.82, 2.24) is 10.6 Å². The van der Waals surface area contributed by atoms with E-state index in [0.717, 1.165) is 51.4 Å². The molecule has 2 atom stereocenters. The van der Waals surface area contributed by atoms with Gasteiger partial charge in [0.2, 0.25) is 11.8 Å². The number of aliphatic hydroxyl groups is 1. The van der Waals surface area contributed by atoms with Crippen molar-refractivity contribution >= 4 is 23.8 Å². The molecule has 2 unspecified atom stereocenters. The zero-order valence-corrected chi connectivity index (χ0v) is 34.3. The smallest absolute Gasteiger partial charge is 0.328 e. The molecule has 0 radical (unpaired) electrons. The molecule has 0 saturated heterocycles. The highest BCUT2D eigenvalue weighted by atomic mass is 16.5. The Morgan fingerprint density at radius 2 is 0.962 bits per heavy atom. The fourth-order valence-corrected chi connectivity index (χ4v) is 6.59. The molecule has 53 heavy (non-hydrogen) atoms. The molecule has 2 amide bonds. The van der Waals surface area contributed by atoms with E-state index in [1.807, 2.05) is 0 Å². The molecule has 0 aromatic carbocycles. The number of rotatable bonds is 40. The van der Waals surface area contributed by atoms with Crippen LogP contribution in [0.4, 0.5) is 0 Å². The van der Waals surface area contributed by atoms with E-state index in [1.165, 1.54) is 135 Å². The Bertz CT molecular complexity index is 910. The molecule has 0 rings (SSSR count). The Hall–Kier alpha value is -2.42. The highest BCUT2D eigenvalue weighted by Crippen LogP contribution is 2.18. The molecule has 9 heteroatoms. The van der Waals surface area contributed by atoms with Crippen LogP contribution in [0.15, 0.2) is 12.2 Å². The van der Waals surface area contributed by atoms with Crippen LogP contribution in [0, 0.1) is 0 Å². The zero-order chi connectivity index (χ0) is 39.0. The second-order valence-corrected chi connectivity index (χ2v) is 15.1. The summed E-state index contributed by atoms with van der Waals surface area (Å²) in [5.41, 5.74) is 0. The number of unbranched alkanes of at least 4 members (excludes halogenated alkanes) is 24. The van der Waals surface area contributed by atoms with Gasteiger partial charge in [0.1, 0.15) is 12.1 Å². The van der Waals surface area contributed by atoms with Crippen molar-refractivity contribution in [2.75, 3.05) is 13.2 Å². The van der Waals surface area contributed by atoms with Crippen molar-refractivity contribution in [2.45, 2.75) is 231 Å². The number of esters is 1. The molecular weight excluding hydrogens is 668 g/mol. The third kappa shape index (κ3) is 36.3. The number of carboxylic acid groups (broad SMARTS) is 1. The Balaban J connectivity index is 3.96. The first-order valence-electron chi connectivity index (χ1n) is 22.1. The van der Waals surface area contributed by atoms with Gasteiger partial charge in [-0.1, -0.05) is 154 Å². The summed E-state index contributed by atoms with van der Waals surface area (Å²) in [7, 11) is 0. The van der Waals surface area contributed by atoms with Gasteiger partial charge in [-0.3, -0.25) is 14.4 Å². The number of carbonyl (C=O) groups excluding carboxylic acids is 3. The van der Waals surface area contributed by atoms with Crippen molar-refractivity contribution < 1.29 is 34.1 Å². The van der Waals surface area contributed by atoms with Crippen LogP contribution in [0.3, 0.4) is 0 Å². The number of ether oxygens (including phenoxy) is 1. The minimum atomic E-state index is -1.38. The summed E-state index contributed by atoms with van der Waals surface area (Å²) < 4.78 is 5.95. The highest BCUT2D eigenvalue weighted by molar-refractivity contribution is 5.87. The Morgan fingerprint density at radius 3 is 1.42 bits per heavy atom. The molecule has 4 N–H and O–H groups in total. The van der Waals surface area contributed by atoms with E-state index in [4.69, 9.17) is 14.9 Å². The summed E-state index contributed by atoms with van der Waals surface area (Å²) in [4.78, 5) is 47.4. The average molecular weight is 751 g/mol. The first-order chi connectivity index (χ1) is 25.8. The maximum atomic E-state index is 12.7. The van der Waals surface area contributed by atoms with Gasteiger partial charge in [0, 0.05) is 12.8 Å². The number of aliphatic hydroxyl groups excluding tert-OH is 1. The normalized spacial score (nSPS) is 12.5. The van der Waals surface area contributed by atoms with Gasteiger partial charge < -0.3 is 25.6 Å². The molecule has 0 spiro atoms. The van der Waals surface area contributed by atoms with Crippen molar-refractivity contribution in [3.63, 3.8) is 0 Å². The monoisotopic (exact) mass is 751 g/mol. The summed E-state index contributed by atoms with van der Waals surface area (Å²) in [6.45, 7) is 3.44. The lowest BCUT2D eigenvalue weighted by Crippen LogP contribution is -2.47. The van der Waals surface area contributed by atoms with E-state index in [2.05, 4.69) is 36.6 Å². The number of aliphatic carboxylic acids is 1. The number of carboxylic acids is 1. The van der Waals surface area contributed by atoms with Crippen LogP contribution in [0.1, 0.15) is 219 Å². The van der Waals surface area contributed by atoms with Gasteiger partial charge in [-0.05, 0) is 64.2 Å². The number of carbonyl (C=O) groups is 4. The minimum absolute atomic E-state index is 0.0371. The first kappa shape index (κ1) is 50.6. The Morgan fingerprint density at radius 1 is 0.547 bits per heavy atom. The second-order valence-electron chi connectivity index (χ2n) is 15.1. The molecule has 0 aliphatic carbocycles. The van der Waals surface area contributed by atoms with Gasteiger partial charge >= 0.3 is 11.9 Å². The van der Waals surface area contributed by atoms with E-state index in [1.54, 1.807) is 0 Å². The third-order valence-electron chi connectivity index (χ3n) is 10.0. The largest absolute Gasteiger partial charge is 0.480 e. The standard InChI is InChI=1S/C44H82N2O7/c1-3-5-7-9-10-11-12-13-14-15-16-17-18-19-20-21-22-23-24-26-32-36-43(50)53-39(33-29-25-8-6-4-2)34-30-27-28-31-35-41(48)45-37-42(49)46-40(38-47)44(51)52/h15-16,39-40,47H,3-14,17-38H2,1-2H3,(H,45,48)(H,46,49)(H,51,52)/b16-15-. The van der Waals surface area contributed by atoms with Gasteiger partial charge in [-0.15, -0.1) is 0 Å². The van der Waals surface area contributed by atoms with Gasteiger partial charge in [0.15, 0.2) is 0 Å². The minimum Gasteiger partial charge on any atom is -0.480 e. The fourth-order valence-electron chi connectivity index (χ4n) is 6.59. The van der Waals surface area contributed by atoms with E-state index in [-0.39, 0.29) is 30.9 Å². The highest BCUT2D eigenvalue weighted by Gasteiger charge is 2.19. The van der Waals surface area contributed by atoms with E-state index < -0.39 is 24.5 Å². The summed E-state index contributed by atoms with van der Waals surface area (Å²) in [5.74, 6) is -2.33. The molecule has 0 bridgehead atoms. The predicted molar refractivity (Wildman–Crippen MR) is 218 cm³/mol. The molecule has 0 aromatic rings. The van der Waals surface area contributed by atoms with Crippen molar-refractivity contribution in [1.29, 1.82) is 0 Å². The maximum Gasteiger partial charge on any atom is 0.328 e. The lowest BCUT2D eigenvalue weighted by atomic mass is 10.0. The molecule has 0 aromatic heterocycles. The first-order valence-corrected chi connectivity index (χ1v) is 22.1. The number of hydrogen-bond donors (Lipinski definition) is 4. The lowest BCUT2D eigenvalue weighted by Gasteiger charge is -2.18. The molecule has 9 nitrogen and oxygen atoms in total. The summed E-state index contributed by atoms with van der Waals surface area (Å²) in [5, 5.41) is 22.5. The van der Waals surface area contributed by atoms with Crippen molar-refractivity contribution in [3.05, 3.63) is 12.2 Å². The number of amides is 2. The quantitative estimate of drug-likeness (QED) is 0.0277. The molecule has 0 fully saturated rings. The second kappa shape index (κ2) is 39.3. The topological polar surface area (TPSA) is 142 Å². The molecule has 0 aliphatic rings. The van der Waals surface area contributed by atoms with E-state index in [9.17, 15) is 19.2 Å². The summed E-state index contributed by atoms with van der Waals surface area (Å²) >= 11 is 0. The van der Waals surface area contributed by atoms with Crippen LogP contribution in [0.2, 0.25) is 0 Å². The van der Waals surface area contributed by atoms with Gasteiger partial charge in [0.05, 0.1) is 13.2 Å². The average Bonchev–Trinajstić information content (AvgIpc) is 3.14. The molecule has 0 heterocycles. The SMILES string of the molecule is CCCCCCCCCC/C=C\CCCCCCCCCCCC(=O)OC(CCCCCCC)CCCCCCC(=O)NCC(=O)NC(CO)C(=O)O. The summed E-state index contributed by atoms with van der Waals surface area (Å²) in [6, 6.07) is -1.38. The molecular formula is C44H82N2O7. The summed E-state index contributed by atoms with van der Waals surface area (Å²) in [6.07, 6.45) is 41.2. The van der Waals surface area contributed by atoms with E-state index >= 15 is 0 Å². The number of allylic oxidation sites excluding steroid dienone is 2. The van der Waals surface area contributed by atoms with Crippen LogP contribution in [0.5, 0.6) is 0 Å². The number of hydrogen-bond acceptors (Lipinski definition) is 6. The van der Waals surface area contributed by atoms with Crippen LogP contribution in [0.25, 0.3) is 0 Å².